The van der Waals surface area contributed by atoms with Crippen LogP contribution in [0.4, 0.5) is 15.8 Å². The van der Waals surface area contributed by atoms with Crippen LogP contribution >= 0.6 is 0 Å². The van der Waals surface area contributed by atoms with Crippen molar-refractivity contribution in [3.8, 4) is 0 Å². The van der Waals surface area contributed by atoms with Gasteiger partial charge in [-0.1, -0.05) is 6.92 Å². The number of carbonyl (C=O) groups excluding carboxylic acids is 1. The van der Waals surface area contributed by atoms with E-state index in [0.717, 1.165) is 42.1 Å². The highest BCUT2D eigenvalue weighted by Crippen LogP contribution is 2.41. The second-order valence-electron chi connectivity index (χ2n) is 8.68. The molecule has 1 aliphatic rings. The molecule has 1 saturated carbocycles. The Labute approximate surface area is 192 Å². The Hall–Kier alpha value is -3.04. The van der Waals surface area contributed by atoms with Crippen LogP contribution in [0, 0.1) is 17.7 Å². The summed E-state index contributed by atoms with van der Waals surface area (Å²) in [6, 6.07) is 13.0. The van der Waals surface area contributed by atoms with Crippen LogP contribution in [0.25, 0.3) is 10.9 Å². The number of rotatable bonds is 6. The van der Waals surface area contributed by atoms with E-state index in [2.05, 4.69) is 15.0 Å². The predicted octanol–water partition coefficient (Wildman–Crippen LogP) is 4.54. The average Bonchev–Trinajstić information content (AvgIpc) is 2.78. The average molecular weight is 471 g/mol. The lowest BCUT2D eigenvalue weighted by molar-refractivity contribution is -0.121. The lowest BCUT2D eigenvalue weighted by atomic mass is 9.73. The largest absolute Gasteiger partial charge is 0.326 e. The summed E-state index contributed by atoms with van der Waals surface area (Å²) in [7, 11) is -3.84. The van der Waals surface area contributed by atoms with Crippen LogP contribution in [0.2, 0.25) is 0 Å². The van der Waals surface area contributed by atoms with E-state index >= 15 is 0 Å². The van der Waals surface area contributed by atoms with Gasteiger partial charge in [-0.3, -0.25) is 14.5 Å². The molecule has 0 spiro atoms. The molecule has 7 nitrogen and oxygen atoms in total. The Morgan fingerprint density at radius 3 is 2.39 bits per heavy atom. The fourth-order valence-electron chi connectivity index (χ4n) is 4.68. The van der Waals surface area contributed by atoms with E-state index in [-0.39, 0.29) is 23.6 Å². The molecular weight excluding hydrogens is 443 g/mol. The number of anilines is 2. The number of fused-ring (bicyclic) bond motifs is 1. The number of amides is 1. The zero-order valence-corrected chi connectivity index (χ0v) is 19.1. The third-order valence-corrected chi connectivity index (χ3v) is 7.00. The fourth-order valence-corrected chi connectivity index (χ4v) is 5.15. The molecule has 33 heavy (non-hydrogen) atoms. The van der Waals surface area contributed by atoms with Crippen molar-refractivity contribution in [1.29, 1.82) is 0 Å². The molecule has 4 N–H and O–H groups in total. The molecule has 0 saturated heterocycles. The Balaban J connectivity index is 1.36. The molecule has 9 heteroatoms. The highest BCUT2D eigenvalue weighted by atomic mass is 32.2. The van der Waals surface area contributed by atoms with Gasteiger partial charge in [0.25, 0.3) is 10.2 Å². The molecule has 1 heterocycles. The van der Waals surface area contributed by atoms with Crippen LogP contribution in [-0.2, 0) is 15.0 Å². The minimum absolute atomic E-state index is 0.0676. The minimum atomic E-state index is -3.84. The quantitative estimate of drug-likeness (QED) is 0.491. The van der Waals surface area contributed by atoms with Gasteiger partial charge in [0.05, 0.1) is 5.52 Å². The zero-order valence-electron chi connectivity index (χ0n) is 18.3. The Bertz CT molecular complexity index is 1260. The molecule has 1 fully saturated rings. The van der Waals surface area contributed by atoms with Gasteiger partial charge in [-0.25, -0.2) is 9.53 Å². The van der Waals surface area contributed by atoms with E-state index in [1.807, 2.05) is 13.0 Å². The van der Waals surface area contributed by atoms with Crippen molar-refractivity contribution in [1.82, 2.24) is 4.98 Å². The topological polar surface area (TPSA) is 114 Å². The number of nitrogens with two attached hydrogens (primary N) is 1. The van der Waals surface area contributed by atoms with Gasteiger partial charge >= 0.3 is 0 Å². The van der Waals surface area contributed by atoms with Crippen molar-refractivity contribution in [2.75, 3.05) is 10.0 Å². The molecule has 0 unspecified atom stereocenters. The molecule has 1 amide bonds. The number of nitrogens with one attached hydrogen (secondary N) is 2. The van der Waals surface area contributed by atoms with Gasteiger partial charge in [0, 0.05) is 28.9 Å². The molecule has 1 aromatic heterocycles. The minimum Gasteiger partial charge on any atom is -0.326 e. The summed E-state index contributed by atoms with van der Waals surface area (Å²) in [5.74, 6) is 0.0862. The molecular formula is C24H27FN4O3S. The van der Waals surface area contributed by atoms with Crippen molar-refractivity contribution in [2.24, 2.45) is 17.0 Å². The van der Waals surface area contributed by atoms with Gasteiger partial charge in [0.15, 0.2) is 0 Å². The number of pyridine rings is 1. The summed E-state index contributed by atoms with van der Waals surface area (Å²) in [6.45, 7) is 1.94. The van der Waals surface area contributed by atoms with Crippen LogP contribution in [0.15, 0.2) is 54.7 Å². The summed E-state index contributed by atoms with van der Waals surface area (Å²) in [4.78, 5) is 17.1. The number of hydrogen-bond donors (Lipinski definition) is 3. The summed E-state index contributed by atoms with van der Waals surface area (Å²) >= 11 is 0. The molecule has 0 aliphatic heterocycles. The predicted molar refractivity (Wildman–Crippen MR) is 127 cm³/mol. The van der Waals surface area contributed by atoms with E-state index in [4.69, 9.17) is 5.14 Å². The van der Waals surface area contributed by atoms with Gasteiger partial charge in [-0.15, -0.1) is 0 Å². The highest BCUT2D eigenvalue weighted by Gasteiger charge is 2.30. The number of halogens is 1. The molecule has 2 aromatic carbocycles. The van der Waals surface area contributed by atoms with E-state index in [1.54, 1.807) is 30.5 Å². The van der Waals surface area contributed by atoms with Crippen LogP contribution in [-0.4, -0.2) is 19.3 Å². The van der Waals surface area contributed by atoms with E-state index in [9.17, 15) is 17.6 Å². The lowest BCUT2D eigenvalue weighted by Crippen LogP contribution is -2.29. The van der Waals surface area contributed by atoms with Crippen molar-refractivity contribution >= 4 is 38.4 Å². The first kappa shape index (κ1) is 23.1. The second-order valence-corrected chi connectivity index (χ2v) is 9.97. The van der Waals surface area contributed by atoms with E-state index in [0.29, 0.717) is 17.3 Å². The first-order chi connectivity index (χ1) is 15.7. The Morgan fingerprint density at radius 1 is 1.06 bits per heavy atom. The van der Waals surface area contributed by atoms with Gasteiger partial charge in [-0.05, 0) is 91.6 Å². The SMILES string of the molecule is C[C@H](C(=O)Nc1ccc(NS(N)(=O)=O)cc1)C1CCC(c2ccnc3ccc(F)cc23)CC1. The molecule has 1 aliphatic carbocycles. The van der Waals surface area contributed by atoms with Crippen LogP contribution in [0.1, 0.15) is 44.1 Å². The summed E-state index contributed by atoms with van der Waals surface area (Å²) in [5, 5.41) is 8.73. The first-order valence-electron chi connectivity index (χ1n) is 11.0. The second kappa shape index (κ2) is 9.44. The smallest absolute Gasteiger partial charge is 0.296 e. The summed E-state index contributed by atoms with van der Waals surface area (Å²) in [5.41, 5.74) is 2.84. The maximum Gasteiger partial charge on any atom is 0.296 e. The van der Waals surface area contributed by atoms with Gasteiger partial charge < -0.3 is 5.32 Å². The normalized spacial score (nSPS) is 19.7. The number of hydrogen-bond acceptors (Lipinski definition) is 4. The fraction of sp³-hybridized carbons (Fsp3) is 0.333. The standard InChI is InChI=1S/C24H27FN4O3S/c1-15(24(30)28-19-7-9-20(10-8-19)29-33(26,31)32)16-2-4-17(5-3-16)21-12-13-27-23-11-6-18(25)14-22(21)23/h6-17,29H,2-5H2,1H3,(H,28,30)(H2,26,31,32)/t15-,16?,17?/m0/s1. The first-order valence-corrected chi connectivity index (χ1v) is 12.5. The van der Waals surface area contributed by atoms with Gasteiger partial charge in [0.2, 0.25) is 5.91 Å². The summed E-state index contributed by atoms with van der Waals surface area (Å²) < 4.78 is 38.2. The molecule has 3 aromatic rings. The number of nitrogens with zero attached hydrogens (tertiary/aromatic N) is 1. The van der Waals surface area contributed by atoms with Crippen molar-refractivity contribution in [3.05, 3.63) is 66.1 Å². The van der Waals surface area contributed by atoms with Gasteiger partial charge in [0.1, 0.15) is 5.82 Å². The highest BCUT2D eigenvalue weighted by molar-refractivity contribution is 7.90. The van der Waals surface area contributed by atoms with Crippen LogP contribution in [0.3, 0.4) is 0 Å². The zero-order chi connectivity index (χ0) is 23.6. The van der Waals surface area contributed by atoms with Crippen LogP contribution < -0.4 is 15.2 Å². The molecule has 1 atom stereocenters. The molecule has 0 bridgehead atoms. The lowest BCUT2D eigenvalue weighted by Gasteiger charge is -2.32. The van der Waals surface area contributed by atoms with Crippen molar-refractivity contribution < 1.29 is 17.6 Å². The van der Waals surface area contributed by atoms with Crippen molar-refractivity contribution in [2.45, 2.75) is 38.5 Å². The Kier molecular flexibility index (Phi) is 6.62. The summed E-state index contributed by atoms with van der Waals surface area (Å²) in [6.07, 6.45) is 5.48. The monoisotopic (exact) mass is 470 g/mol. The number of carbonyl (C=O) groups is 1. The maximum atomic E-state index is 13.8. The Morgan fingerprint density at radius 2 is 1.73 bits per heavy atom. The van der Waals surface area contributed by atoms with E-state index < -0.39 is 10.2 Å². The van der Waals surface area contributed by atoms with E-state index in [1.165, 1.54) is 18.2 Å². The number of aromatic nitrogens is 1. The maximum absolute atomic E-state index is 13.8. The van der Waals surface area contributed by atoms with Gasteiger partial charge in [-0.2, -0.15) is 8.42 Å². The third kappa shape index (κ3) is 5.66. The molecule has 174 valence electrons. The molecule has 0 radical (unpaired) electrons. The van der Waals surface area contributed by atoms with Crippen LogP contribution in [0.5, 0.6) is 0 Å². The molecule has 4 rings (SSSR count). The van der Waals surface area contributed by atoms with Crippen molar-refractivity contribution in [3.63, 3.8) is 0 Å². The third-order valence-electron chi connectivity index (χ3n) is 6.48. The number of benzene rings is 2.